The molecular weight excluding hydrogens is 238 g/mol. The van der Waals surface area contributed by atoms with Gasteiger partial charge in [-0.3, -0.25) is 0 Å². The molecule has 2 N–H and O–H groups in total. The first-order valence-corrected chi connectivity index (χ1v) is 6.41. The number of hydrogen-bond donors (Lipinski definition) is 1. The lowest BCUT2D eigenvalue weighted by Gasteiger charge is -2.13. The third-order valence-electron chi connectivity index (χ3n) is 3.02. The molecule has 2 aromatic rings. The second-order valence-corrected chi connectivity index (χ2v) is 4.30. The van der Waals surface area contributed by atoms with E-state index in [1.54, 1.807) is 0 Å². The molecule has 2 rings (SSSR count). The number of anilines is 1. The molecule has 0 aromatic heterocycles. The van der Waals surface area contributed by atoms with Gasteiger partial charge in [0.2, 0.25) is 0 Å². The highest BCUT2D eigenvalue weighted by molar-refractivity contribution is 5.50. The van der Waals surface area contributed by atoms with Crippen LogP contribution in [0.3, 0.4) is 0 Å². The fourth-order valence-corrected chi connectivity index (χ4v) is 1.86. The monoisotopic (exact) mass is 257 g/mol. The molecule has 100 valence electrons. The molecule has 0 saturated carbocycles. The first-order chi connectivity index (χ1) is 9.22. The Kier molecular flexibility index (Phi) is 4.29. The van der Waals surface area contributed by atoms with Crippen LogP contribution in [0, 0.1) is 6.92 Å². The number of benzene rings is 2. The van der Waals surface area contributed by atoms with E-state index in [2.05, 4.69) is 0 Å². The average Bonchev–Trinajstić information content (AvgIpc) is 2.42. The Balaban J connectivity index is 2.12. The molecule has 0 radical (unpaired) electrons. The number of hydrogen-bond acceptors (Lipinski definition) is 3. The molecule has 3 nitrogen and oxygen atoms in total. The van der Waals surface area contributed by atoms with E-state index in [9.17, 15) is 0 Å². The molecule has 0 bridgehead atoms. The van der Waals surface area contributed by atoms with Crippen molar-refractivity contribution in [1.29, 1.82) is 0 Å². The van der Waals surface area contributed by atoms with Gasteiger partial charge in [0.1, 0.15) is 6.61 Å². The molecular formula is C16H19NO2. The molecule has 0 heterocycles. The highest BCUT2D eigenvalue weighted by Gasteiger charge is 2.06. The van der Waals surface area contributed by atoms with Gasteiger partial charge in [-0.1, -0.05) is 24.3 Å². The van der Waals surface area contributed by atoms with Crippen LogP contribution in [0.5, 0.6) is 11.5 Å². The summed E-state index contributed by atoms with van der Waals surface area (Å²) in [5, 5.41) is 0. The molecule has 3 heteroatoms. The van der Waals surface area contributed by atoms with Crippen LogP contribution in [-0.2, 0) is 6.61 Å². The second kappa shape index (κ2) is 6.14. The van der Waals surface area contributed by atoms with Gasteiger partial charge in [0.05, 0.1) is 6.61 Å². The predicted octanol–water partition coefficient (Wildman–Crippen LogP) is 3.55. The van der Waals surface area contributed by atoms with Crippen LogP contribution in [0.1, 0.15) is 18.1 Å². The van der Waals surface area contributed by atoms with Crippen molar-refractivity contribution in [2.75, 3.05) is 12.3 Å². The molecule has 0 saturated heterocycles. The van der Waals surface area contributed by atoms with Gasteiger partial charge in [0.25, 0.3) is 0 Å². The average molecular weight is 257 g/mol. The molecule has 0 spiro atoms. The maximum absolute atomic E-state index is 5.89. The lowest BCUT2D eigenvalue weighted by molar-refractivity contribution is 0.269. The zero-order valence-corrected chi connectivity index (χ0v) is 11.3. The Labute approximate surface area is 114 Å². The minimum atomic E-state index is 0.487. The molecule has 0 aliphatic heterocycles. The SMILES string of the molecule is CCOc1ccccc1OCc1cccc(N)c1C. The highest BCUT2D eigenvalue weighted by atomic mass is 16.5. The highest BCUT2D eigenvalue weighted by Crippen LogP contribution is 2.28. The summed E-state index contributed by atoms with van der Waals surface area (Å²) in [7, 11) is 0. The zero-order chi connectivity index (χ0) is 13.7. The van der Waals surface area contributed by atoms with Crippen LogP contribution >= 0.6 is 0 Å². The summed E-state index contributed by atoms with van der Waals surface area (Å²) in [6.45, 7) is 5.07. The van der Waals surface area contributed by atoms with Gasteiger partial charge >= 0.3 is 0 Å². The first kappa shape index (κ1) is 13.3. The quantitative estimate of drug-likeness (QED) is 0.833. The third-order valence-corrected chi connectivity index (χ3v) is 3.02. The summed E-state index contributed by atoms with van der Waals surface area (Å²) in [5.74, 6) is 1.53. The summed E-state index contributed by atoms with van der Waals surface area (Å²) in [6, 6.07) is 13.5. The zero-order valence-electron chi connectivity index (χ0n) is 11.3. The van der Waals surface area contributed by atoms with Gasteiger partial charge in [0, 0.05) is 5.69 Å². The number of nitrogens with two attached hydrogens (primary N) is 1. The molecule has 0 fully saturated rings. The van der Waals surface area contributed by atoms with Crippen molar-refractivity contribution >= 4 is 5.69 Å². The van der Waals surface area contributed by atoms with Gasteiger partial charge in [0.15, 0.2) is 11.5 Å². The van der Waals surface area contributed by atoms with E-state index < -0.39 is 0 Å². The van der Waals surface area contributed by atoms with Crippen LogP contribution in [-0.4, -0.2) is 6.61 Å². The maximum atomic E-state index is 5.89. The van der Waals surface area contributed by atoms with Crippen molar-refractivity contribution in [3.8, 4) is 11.5 Å². The minimum Gasteiger partial charge on any atom is -0.490 e. The largest absolute Gasteiger partial charge is 0.490 e. The Bertz CT molecular complexity index is 552. The van der Waals surface area contributed by atoms with Gasteiger partial charge in [-0.05, 0) is 43.2 Å². The minimum absolute atomic E-state index is 0.487. The summed E-state index contributed by atoms with van der Waals surface area (Å²) in [6.07, 6.45) is 0. The fraction of sp³-hybridized carbons (Fsp3) is 0.250. The topological polar surface area (TPSA) is 44.5 Å². The lowest BCUT2D eigenvalue weighted by Crippen LogP contribution is -2.02. The van der Waals surface area contributed by atoms with Crippen molar-refractivity contribution in [2.24, 2.45) is 0 Å². The molecule has 0 unspecified atom stereocenters. The van der Waals surface area contributed by atoms with Crippen molar-refractivity contribution < 1.29 is 9.47 Å². The van der Waals surface area contributed by atoms with Crippen molar-refractivity contribution in [3.05, 3.63) is 53.6 Å². The molecule has 19 heavy (non-hydrogen) atoms. The molecule has 0 amide bonds. The summed E-state index contributed by atoms with van der Waals surface area (Å²) in [4.78, 5) is 0. The lowest BCUT2D eigenvalue weighted by atomic mass is 10.1. The van der Waals surface area contributed by atoms with E-state index in [0.717, 1.165) is 28.3 Å². The van der Waals surface area contributed by atoms with E-state index in [1.807, 2.05) is 56.3 Å². The second-order valence-electron chi connectivity index (χ2n) is 4.30. The Morgan fingerprint density at radius 2 is 1.63 bits per heavy atom. The number of para-hydroxylation sites is 2. The smallest absolute Gasteiger partial charge is 0.161 e. The fourth-order valence-electron chi connectivity index (χ4n) is 1.86. The van der Waals surface area contributed by atoms with Gasteiger partial charge in [-0.25, -0.2) is 0 Å². The van der Waals surface area contributed by atoms with Crippen molar-refractivity contribution in [3.63, 3.8) is 0 Å². The van der Waals surface area contributed by atoms with E-state index in [4.69, 9.17) is 15.2 Å². The van der Waals surface area contributed by atoms with Gasteiger partial charge < -0.3 is 15.2 Å². The van der Waals surface area contributed by atoms with Crippen LogP contribution in [0.2, 0.25) is 0 Å². The van der Waals surface area contributed by atoms with Crippen molar-refractivity contribution in [1.82, 2.24) is 0 Å². The van der Waals surface area contributed by atoms with E-state index in [1.165, 1.54) is 0 Å². The molecule has 2 aromatic carbocycles. The van der Waals surface area contributed by atoms with Crippen LogP contribution in [0.4, 0.5) is 5.69 Å². The summed E-state index contributed by atoms with van der Waals surface area (Å²) >= 11 is 0. The molecule has 0 aliphatic carbocycles. The number of nitrogen functional groups attached to an aromatic ring is 1. The summed E-state index contributed by atoms with van der Waals surface area (Å²) < 4.78 is 11.4. The number of ether oxygens (including phenoxy) is 2. The predicted molar refractivity (Wildman–Crippen MR) is 77.5 cm³/mol. The van der Waals surface area contributed by atoms with Crippen molar-refractivity contribution in [2.45, 2.75) is 20.5 Å². The normalized spacial score (nSPS) is 10.2. The Morgan fingerprint density at radius 3 is 2.32 bits per heavy atom. The van der Waals surface area contributed by atoms with Crippen LogP contribution in [0.15, 0.2) is 42.5 Å². The maximum Gasteiger partial charge on any atom is 0.161 e. The Morgan fingerprint density at radius 1 is 0.947 bits per heavy atom. The van der Waals surface area contributed by atoms with E-state index in [0.29, 0.717) is 13.2 Å². The third kappa shape index (κ3) is 3.19. The molecule has 0 atom stereocenters. The van der Waals surface area contributed by atoms with Gasteiger partial charge in [-0.15, -0.1) is 0 Å². The van der Waals surface area contributed by atoms with E-state index >= 15 is 0 Å². The van der Waals surface area contributed by atoms with Crippen LogP contribution < -0.4 is 15.2 Å². The standard InChI is InChI=1S/C16H19NO2/c1-3-18-15-9-4-5-10-16(15)19-11-13-7-6-8-14(17)12(13)2/h4-10H,3,11,17H2,1-2H3. The van der Waals surface area contributed by atoms with Crippen LogP contribution in [0.25, 0.3) is 0 Å². The van der Waals surface area contributed by atoms with E-state index in [-0.39, 0.29) is 0 Å². The number of rotatable bonds is 5. The molecule has 0 aliphatic rings. The summed E-state index contributed by atoms with van der Waals surface area (Å²) in [5.41, 5.74) is 8.83. The first-order valence-electron chi connectivity index (χ1n) is 6.41. The van der Waals surface area contributed by atoms with Gasteiger partial charge in [-0.2, -0.15) is 0 Å². The Hall–Kier alpha value is -2.16.